The van der Waals surface area contributed by atoms with Gasteiger partial charge in [-0.05, 0) is 38.0 Å². The van der Waals surface area contributed by atoms with Crippen molar-refractivity contribution in [1.29, 1.82) is 0 Å². The predicted octanol–water partition coefficient (Wildman–Crippen LogP) is 4.69. The Morgan fingerprint density at radius 3 is 2.40 bits per heavy atom. The average Bonchev–Trinajstić information content (AvgIpc) is 3.12. The van der Waals surface area contributed by atoms with Crippen molar-refractivity contribution < 1.29 is 14.3 Å². The molecule has 0 aliphatic heterocycles. The number of nitrogens with zero attached hydrogens (tertiary/aromatic N) is 1. The number of aromatic amines is 1. The van der Waals surface area contributed by atoms with E-state index in [0.717, 1.165) is 22.0 Å². The second-order valence-electron chi connectivity index (χ2n) is 8.25. The van der Waals surface area contributed by atoms with Crippen LogP contribution in [0, 0.1) is 0 Å². The number of alkyl halides is 1. The maximum absolute atomic E-state index is 13.2. The molecule has 5 nitrogen and oxygen atoms in total. The van der Waals surface area contributed by atoms with E-state index in [9.17, 15) is 9.59 Å². The number of para-hydroxylation sites is 1. The van der Waals surface area contributed by atoms with E-state index in [0.29, 0.717) is 6.42 Å². The van der Waals surface area contributed by atoms with Crippen molar-refractivity contribution in [3.8, 4) is 0 Å². The highest BCUT2D eigenvalue weighted by Gasteiger charge is 2.34. The minimum atomic E-state index is -0.796. The van der Waals surface area contributed by atoms with Crippen LogP contribution in [0.1, 0.15) is 31.9 Å². The zero-order valence-electron chi connectivity index (χ0n) is 17.5. The van der Waals surface area contributed by atoms with Gasteiger partial charge < -0.3 is 14.6 Å². The zero-order valence-corrected chi connectivity index (χ0v) is 18.3. The van der Waals surface area contributed by atoms with E-state index >= 15 is 0 Å². The van der Waals surface area contributed by atoms with Gasteiger partial charge in [0.25, 0.3) is 0 Å². The van der Waals surface area contributed by atoms with Crippen LogP contribution in [0.25, 0.3) is 10.9 Å². The maximum Gasteiger partial charge on any atom is 0.329 e. The average molecular weight is 427 g/mol. The molecule has 3 rings (SSSR count). The van der Waals surface area contributed by atoms with Crippen molar-refractivity contribution in [3.63, 3.8) is 0 Å². The Hall–Kier alpha value is -2.79. The molecule has 0 spiro atoms. The van der Waals surface area contributed by atoms with Crippen LogP contribution in [0.15, 0.2) is 60.8 Å². The molecule has 0 unspecified atom stereocenters. The number of hydrogen-bond donors (Lipinski definition) is 1. The van der Waals surface area contributed by atoms with Crippen molar-refractivity contribution in [3.05, 3.63) is 71.9 Å². The Kier molecular flexibility index (Phi) is 6.83. The first-order valence-corrected chi connectivity index (χ1v) is 10.5. The number of aromatic nitrogens is 1. The molecule has 0 radical (unpaired) electrons. The van der Waals surface area contributed by atoms with Crippen LogP contribution in [0.4, 0.5) is 0 Å². The highest BCUT2D eigenvalue weighted by molar-refractivity contribution is 6.27. The summed E-state index contributed by atoms with van der Waals surface area (Å²) in [4.78, 5) is 30.8. The fourth-order valence-electron chi connectivity index (χ4n) is 3.43. The molecule has 1 amide bonds. The smallest absolute Gasteiger partial charge is 0.329 e. The molecule has 1 atom stereocenters. The summed E-state index contributed by atoms with van der Waals surface area (Å²) in [6, 6.07) is 16.6. The molecule has 30 heavy (non-hydrogen) atoms. The molecule has 1 heterocycles. The third-order valence-electron chi connectivity index (χ3n) is 4.77. The molecule has 1 aromatic heterocycles. The highest BCUT2D eigenvalue weighted by atomic mass is 35.5. The van der Waals surface area contributed by atoms with Crippen LogP contribution in [0.3, 0.4) is 0 Å². The monoisotopic (exact) mass is 426 g/mol. The Bertz CT molecular complexity index is 1010. The second kappa shape index (κ2) is 9.35. The molecule has 0 aliphatic carbocycles. The van der Waals surface area contributed by atoms with Crippen LogP contribution in [-0.4, -0.2) is 39.3 Å². The van der Waals surface area contributed by atoms with Crippen molar-refractivity contribution in [2.75, 3.05) is 5.88 Å². The molecule has 0 saturated heterocycles. The summed E-state index contributed by atoms with van der Waals surface area (Å²) >= 11 is 5.92. The molecule has 0 saturated carbocycles. The lowest BCUT2D eigenvalue weighted by molar-refractivity contribution is -0.164. The molecular formula is C24H27ClN2O3. The van der Waals surface area contributed by atoms with Gasteiger partial charge in [-0.2, -0.15) is 0 Å². The molecule has 0 fully saturated rings. The van der Waals surface area contributed by atoms with Gasteiger partial charge in [0.2, 0.25) is 5.91 Å². The predicted molar refractivity (Wildman–Crippen MR) is 119 cm³/mol. The van der Waals surface area contributed by atoms with E-state index in [-0.39, 0.29) is 18.3 Å². The van der Waals surface area contributed by atoms with E-state index in [1.54, 1.807) is 0 Å². The molecule has 0 bridgehead atoms. The van der Waals surface area contributed by atoms with Crippen LogP contribution in [-0.2, 0) is 27.3 Å². The Labute approximate surface area is 182 Å². The van der Waals surface area contributed by atoms with Crippen molar-refractivity contribution in [2.45, 2.75) is 45.4 Å². The summed E-state index contributed by atoms with van der Waals surface area (Å²) in [5.41, 5.74) is 2.18. The van der Waals surface area contributed by atoms with Crippen LogP contribution < -0.4 is 0 Å². The molecule has 6 heteroatoms. The third-order valence-corrected chi connectivity index (χ3v) is 5.00. The van der Waals surface area contributed by atoms with E-state index in [2.05, 4.69) is 4.98 Å². The van der Waals surface area contributed by atoms with Gasteiger partial charge in [-0.25, -0.2) is 4.79 Å². The molecule has 2 aromatic carbocycles. The minimum absolute atomic E-state index is 0.208. The second-order valence-corrected chi connectivity index (χ2v) is 8.52. The zero-order chi connectivity index (χ0) is 21.7. The first-order valence-electron chi connectivity index (χ1n) is 9.95. The fourth-order valence-corrected chi connectivity index (χ4v) is 3.58. The van der Waals surface area contributed by atoms with Gasteiger partial charge >= 0.3 is 5.97 Å². The first kappa shape index (κ1) is 21.9. The Morgan fingerprint density at radius 1 is 1.07 bits per heavy atom. The molecule has 0 aliphatic rings. The van der Waals surface area contributed by atoms with Gasteiger partial charge in [-0.1, -0.05) is 48.5 Å². The van der Waals surface area contributed by atoms with Crippen molar-refractivity contribution >= 4 is 34.4 Å². The number of fused-ring (bicyclic) bond motifs is 1. The van der Waals surface area contributed by atoms with Crippen molar-refractivity contribution in [2.24, 2.45) is 0 Å². The number of carbonyl (C=O) groups is 2. The standard InChI is InChI=1S/C24H27ClN2O3/c1-24(2,3)30-23(29)21(13-18-15-26-20-12-8-7-11-19(18)20)27(22(28)14-25)16-17-9-5-4-6-10-17/h4-12,15,21,26H,13-14,16H2,1-3H3/t21-/m0/s1. The number of rotatable bonds is 7. The fraction of sp³-hybridized carbons (Fsp3) is 0.333. The first-order chi connectivity index (χ1) is 14.3. The Morgan fingerprint density at radius 2 is 1.73 bits per heavy atom. The van der Waals surface area contributed by atoms with Crippen LogP contribution in [0.5, 0.6) is 0 Å². The van der Waals surface area contributed by atoms with Gasteiger partial charge in [0.15, 0.2) is 0 Å². The quantitative estimate of drug-likeness (QED) is 0.440. The van der Waals surface area contributed by atoms with E-state index < -0.39 is 17.6 Å². The SMILES string of the molecule is CC(C)(C)OC(=O)[C@H](Cc1c[nH]c2ccccc12)N(Cc1ccccc1)C(=O)CCl. The van der Waals surface area contributed by atoms with Gasteiger partial charge in [0, 0.05) is 30.1 Å². The van der Waals surface area contributed by atoms with E-state index in [1.807, 2.05) is 81.6 Å². The number of ether oxygens (including phenoxy) is 1. The number of amides is 1. The topological polar surface area (TPSA) is 62.4 Å². The number of nitrogens with one attached hydrogen (secondary N) is 1. The number of H-pyrrole nitrogens is 1. The minimum Gasteiger partial charge on any atom is -0.458 e. The Balaban J connectivity index is 1.98. The van der Waals surface area contributed by atoms with Crippen LogP contribution in [0.2, 0.25) is 0 Å². The lowest BCUT2D eigenvalue weighted by atomic mass is 10.0. The van der Waals surface area contributed by atoms with Gasteiger partial charge in [0.1, 0.15) is 17.5 Å². The summed E-state index contributed by atoms with van der Waals surface area (Å²) in [6.07, 6.45) is 2.21. The third kappa shape index (κ3) is 5.42. The molecular weight excluding hydrogens is 400 g/mol. The highest BCUT2D eigenvalue weighted by Crippen LogP contribution is 2.23. The summed E-state index contributed by atoms with van der Waals surface area (Å²) in [5, 5.41) is 1.02. The van der Waals surface area contributed by atoms with Crippen LogP contribution >= 0.6 is 11.6 Å². The largest absolute Gasteiger partial charge is 0.458 e. The normalized spacial score (nSPS) is 12.5. The number of carbonyl (C=O) groups excluding carboxylic acids is 2. The number of benzene rings is 2. The molecule has 1 N–H and O–H groups in total. The summed E-state index contributed by atoms with van der Waals surface area (Å²) in [7, 11) is 0. The molecule has 3 aromatic rings. The number of esters is 1. The number of hydrogen-bond acceptors (Lipinski definition) is 3. The summed E-state index contributed by atoms with van der Waals surface area (Å²) < 4.78 is 5.69. The summed E-state index contributed by atoms with van der Waals surface area (Å²) in [5.74, 6) is -0.960. The van der Waals surface area contributed by atoms with E-state index in [1.165, 1.54) is 4.90 Å². The lowest BCUT2D eigenvalue weighted by Crippen LogP contribution is -2.48. The van der Waals surface area contributed by atoms with E-state index in [4.69, 9.17) is 16.3 Å². The van der Waals surface area contributed by atoms with Gasteiger partial charge in [0.05, 0.1) is 0 Å². The maximum atomic E-state index is 13.2. The summed E-state index contributed by atoms with van der Waals surface area (Å²) in [6.45, 7) is 5.73. The number of halogens is 1. The lowest BCUT2D eigenvalue weighted by Gasteiger charge is -2.32. The van der Waals surface area contributed by atoms with Crippen molar-refractivity contribution in [1.82, 2.24) is 9.88 Å². The molecule has 158 valence electrons. The van der Waals surface area contributed by atoms with Gasteiger partial charge in [-0.3, -0.25) is 4.79 Å². The van der Waals surface area contributed by atoms with Gasteiger partial charge in [-0.15, -0.1) is 11.6 Å².